The maximum atomic E-state index is 12.5. The zero-order valence-electron chi connectivity index (χ0n) is 15.1. The minimum atomic E-state index is -0.557. The van der Waals surface area contributed by atoms with Crippen LogP contribution in [-0.2, 0) is 11.3 Å². The Bertz CT molecular complexity index is 727. The van der Waals surface area contributed by atoms with Gasteiger partial charge in [-0.15, -0.1) is 0 Å². The third kappa shape index (κ3) is 4.70. The van der Waals surface area contributed by atoms with Crippen molar-refractivity contribution in [3.05, 3.63) is 59.1 Å². The zero-order chi connectivity index (χ0) is 18.4. The lowest BCUT2D eigenvalue weighted by Crippen LogP contribution is -2.37. The SMILES string of the molecule is CC[C@@H](Oc1ccccc1Cl)C(=O)NCc1ccc(N2CCCC2)cc1. The Morgan fingerprint density at radius 2 is 1.85 bits per heavy atom. The summed E-state index contributed by atoms with van der Waals surface area (Å²) in [5.41, 5.74) is 2.33. The fourth-order valence-electron chi connectivity index (χ4n) is 3.12. The lowest BCUT2D eigenvalue weighted by Gasteiger charge is -2.19. The lowest BCUT2D eigenvalue weighted by atomic mass is 10.2. The number of carbonyl (C=O) groups excluding carboxylic acids is 1. The van der Waals surface area contributed by atoms with Gasteiger partial charge in [0.25, 0.3) is 5.91 Å². The highest BCUT2D eigenvalue weighted by Gasteiger charge is 2.19. The molecule has 0 saturated carbocycles. The molecule has 4 nitrogen and oxygen atoms in total. The zero-order valence-corrected chi connectivity index (χ0v) is 15.8. The molecule has 0 spiro atoms. The van der Waals surface area contributed by atoms with E-state index in [1.54, 1.807) is 12.1 Å². The van der Waals surface area contributed by atoms with Gasteiger partial charge in [-0.2, -0.15) is 0 Å². The summed E-state index contributed by atoms with van der Waals surface area (Å²) in [4.78, 5) is 14.8. The van der Waals surface area contributed by atoms with E-state index in [9.17, 15) is 4.79 Å². The first-order valence-corrected chi connectivity index (χ1v) is 9.58. The molecular weight excluding hydrogens is 348 g/mol. The summed E-state index contributed by atoms with van der Waals surface area (Å²) in [6.45, 7) is 4.68. The fraction of sp³-hybridized carbons (Fsp3) is 0.381. The first kappa shape index (κ1) is 18.6. The molecule has 1 atom stereocenters. The van der Waals surface area contributed by atoms with E-state index in [2.05, 4.69) is 34.5 Å². The monoisotopic (exact) mass is 372 g/mol. The van der Waals surface area contributed by atoms with Gasteiger partial charge in [0.05, 0.1) is 5.02 Å². The summed E-state index contributed by atoms with van der Waals surface area (Å²) < 4.78 is 5.78. The number of benzene rings is 2. The van der Waals surface area contributed by atoms with Gasteiger partial charge in [-0.3, -0.25) is 4.79 Å². The second-order valence-corrected chi connectivity index (χ2v) is 6.93. The van der Waals surface area contributed by atoms with Crippen molar-refractivity contribution in [3.8, 4) is 5.75 Å². The third-order valence-electron chi connectivity index (χ3n) is 4.64. The van der Waals surface area contributed by atoms with Crippen molar-refractivity contribution in [2.75, 3.05) is 18.0 Å². The van der Waals surface area contributed by atoms with Crippen LogP contribution in [0.4, 0.5) is 5.69 Å². The molecule has 26 heavy (non-hydrogen) atoms. The molecule has 138 valence electrons. The van der Waals surface area contributed by atoms with Crippen LogP contribution < -0.4 is 15.0 Å². The van der Waals surface area contributed by atoms with E-state index in [1.165, 1.54) is 18.5 Å². The largest absolute Gasteiger partial charge is 0.479 e. The van der Waals surface area contributed by atoms with Crippen LogP contribution in [0.25, 0.3) is 0 Å². The second kappa shape index (κ2) is 8.95. The fourth-order valence-corrected chi connectivity index (χ4v) is 3.30. The van der Waals surface area contributed by atoms with Crippen LogP contribution in [0.1, 0.15) is 31.7 Å². The second-order valence-electron chi connectivity index (χ2n) is 6.52. The Labute approximate surface area is 160 Å². The van der Waals surface area contributed by atoms with Crippen molar-refractivity contribution >= 4 is 23.2 Å². The molecule has 5 heteroatoms. The van der Waals surface area contributed by atoms with Gasteiger partial charge < -0.3 is 15.0 Å². The number of carbonyl (C=O) groups is 1. The van der Waals surface area contributed by atoms with Gasteiger partial charge in [0, 0.05) is 25.3 Å². The van der Waals surface area contributed by atoms with Crippen molar-refractivity contribution in [1.82, 2.24) is 5.32 Å². The Balaban J connectivity index is 1.54. The maximum Gasteiger partial charge on any atom is 0.261 e. The molecule has 0 unspecified atom stereocenters. The van der Waals surface area contributed by atoms with Gasteiger partial charge >= 0.3 is 0 Å². The topological polar surface area (TPSA) is 41.6 Å². The van der Waals surface area contributed by atoms with E-state index in [4.69, 9.17) is 16.3 Å². The number of para-hydroxylation sites is 1. The minimum absolute atomic E-state index is 0.129. The van der Waals surface area contributed by atoms with Crippen molar-refractivity contribution in [3.63, 3.8) is 0 Å². The van der Waals surface area contributed by atoms with E-state index >= 15 is 0 Å². The van der Waals surface area contributed by atoms with Crippen LogP contribution in [-0.4, -0.2) is 25.1 Å². The summed E-state index contributed by atoms with van der Waals surface area (Å²) in [7, 11) is 0. The van der Waals surface area contributed by atoms with Crippen molar-refractivity contribution in [2.45, 2.75) is 38.8 Å². The van der Waals surface area contributed by atoms with Crippen molar-refractivity contribution in [1.29, 1.82) is 0 Å². The molecule has 2 aromatic rings. The summed E-state index contributed by atoms with van der Waals surface area (Å²) in [6, 6.07) is 15.6. The Morgan fingerprint density at radius 3 is 2.50 bits per heavy atom. The highest BCUT2D eigenvalue weighted by Crippen LogP contribution is 2.25. The van der Waals surface area contributed by atoms with Crippen LogP contribution in [0.15, 0.2) is 48.5 Å². The molecule has 0 radical (unpaired) electrons. The van der Waals surface area contributed by atoms with Gasteiger partial charge in [-0.1, -0.05) is 42.8 Å². The predicted molar refractivity (Wildman–Crippen MR) is 106 cm³/mol. The number of halogens is 1. The number of amides is 1. The smallest absolute Gasteiger partial charge is 0.261 e. The molecule has 0 aliphatic carbocycles. The van der Waals surface area contributed by atoms with E-state index in [1.807, 2.05) is 19.1 Å². The molecule has 2 aromatic carbocycles. The molecule has 1 fully saturated rings. The molecule has 1 aliphatic heterocycles. The highest BCUT2D eigenvalue weighted by atomic mass is 35.5. The van der Waals surface area contributed by atoms with Crippen LogP contribution in [0.3, 0.4) is 0 Å². The normalized spacial score (nSPS) is 14.9. The average Bonchev–Trinajstić information content (AvgIpc) is 3.20. The number of anilines is 1. The molecule has 1 amide bonds. The quantitative estimate of drug-likeness (QED) is 0.782. The van der Waals surface area contributed by atoms with Crippen LogP contribution >= 0.6 is 11.6 Å². The summed E-state index contributed by atoms with van der Waals surface area (Å²) in [5, 5.41) is 3.47. The van der Waals surface area contributed by atoms with Gasteiger partial charge in [0.15, 0.2) is 6.10 Å². The maximum absolute atomic E-state index is 12.5. The number of rotatable bonds is 7. The van der Waals surface area contributed by atoms with Gasteiger partial charge in [-0.05, 0) is 49.1 Å². The molecular formula is C21H25ClN2O2. The molecule has 1 N–H and O–H groups in total. The van der Waals surface area contributed by atoms with E-state index in [-0.39, 0.29) is 5.91 Å². The molecule has 0 aromatic heterocycles. The Morgan fingerprint density at radius 1 is 1.15 bits per heavy atom. The molecule has 1 aliphatic rings. The third-order valence-corrected chi connectivity index (χ3v) is 4.96. The molecule has 0 bridgehead atoms. The van der Waals surface area contributed by atoms with E-state index in [0.29, 0.717) is 23.7 Å². The molecule has 1 heterocycles. The van der Waals surface area contributed by atoms with Crippen LogP contribution in [0.5, 0.6) is 5.75 Å². The molecule has 1 saturated heterocycles. The van der Waals surface area contributed by atoms with Gasteiger partial charge in [0.1, 0.15) is 5.75 Å². The standard InChI is InChI=1S/C21H25ClN2O2/c1-2-19(26-20-8-4-3-7-18(20)22)21(25)23-15-16-9-11-17(12-10-16)24-13-5-6-14-24/h3-4,7-12,19H,2,5-6,13-15H2,1H3,(H,23,25)/t19-/m1/s1. The van der Waals surface area contributed by atoms with Crippen molar-refractivity contribution < 1.29 is 9.53 Å². The van der Waals surface area contributed by atoms with Crippen molar-refractivity contribution in [2.24, 2.45) is 0 Å². The Kier molecular flexibility index (Phi) is 6.40. The van der Waals surface area contributed by atoms with Gasteiger partial charge in [0.2, 0.25) is 0 Å². The number of hydrogen-bond donors (Lipinski definition) is 1. The minimum Gasteiger partial charge on any atom is -0.479 e. The average molecular weight is 373 g/mol. The number of hydrogen-bond acceptors (Lipinski definition) is 3. The highest BCUT2D eigenvalue weighted by molar-refractivity contribution is 6.32. The summed E-state index contributed by atoms with van der Waals surface area (Å²) in [6.07, 6.45) is 2.55. The van der Waals surface area contributed by atoms with Crippen LogP contribution in [0.2, 0.25) is 5.02 Å². The summed E-state index contributed by atoms with van der Waals surface area (Å²) >= 11 is 6.11. The van der Waals surface area contributed by atoms with E-state index in [0.717, 1.165) is 18.7 Å². The number of nitrogens with one attached hydrogen (secondary N) is 1. The first-order chi connectivity index (χ1) is 12.7. The van der Waals surface area contributed by atoms with Crippen LogP contribution in [0, 0.1) is 0 Å². The first-order valence-electron chi connectivity index (χ1n) is 9.20. The molecule has 3 rings (SSSR count). The Hall–Kier alpha value is -2.20. The predicted octanol–water partition coefficient (Wildman–Crippen LogP) is 4.41. The summed E-state index contributed by atoms with van der Waals surface area (Å²) in [5.74, 6) is 0.405. The lowest BCUT2D eigenvalue weighted by molar-refractivity contribution is -0.128. The number of nitrogens with zero attached hydrogens (tertiary/aromatic N) is 1. The van der Waals surface area contributed by atoms with E-state index < -0.39 is 6.10 Å². The number of ether oxygens (including phenoxy) is 1. The van der Waals surface area contributed by atoms with Gasteiger partial charge in [-0.25, -0.2) is 0 Å².